The number of halogens is 1. The third-order valence-electron chi connectivity index (χ3n) is 7.85. The van der Waals surface area contributed by atoms with Crippen molar-refractivity contribution in [3.8, 4) is 17.2 Å². The van der Waals surface area contributed by atoms with Gasteiger partial charge in [0.25, 0.3) is 0 Å². The Balaban J connectivity index is 1.25. The lowest BCUT2D eigenvalue weighted by atomic mass is 10.0. The summed E-state index contributed by atoms with van der Waals surface area (Å²) < 4.78 is 28.5. The topological polar surface area (TPSA) is 103 Å². The molecule has 0 aliphatic carbocycles. The lowest BCUT2D eigenvalue weighted by molar-refractivity contribution is 0.0281. The van der Waals surface area contributed by atoms with Crippen molar-refractivity contribution in [1.29, 1.82) is 0 Å². The van der Waals surface area contributed by atoms with Gasteiger partial charge < -0.3 is 33.9 Å². The minimum atomic E-state index is -0.891. The summed E-state index contributed by atoms with van der Waals surface area (Å²) in [6, 6.07) is 30.7. The standard InChI is InChI=1S/C39H49ClN2O7/c1-3-45-22-24-47-34-14-12-32(13-15-34)26-30(2)42(28-38(44)37-10-7-11-39(40)41-37)27-33(43)29-49-36-18-16-35(17-19-36)48-25-23-46-21-20-31-8-5-4-6-9-31/h4-19,30,33,38,43-44H,3,20-29H2,1-2H3/t30-,33?,38?/m1/s1. The second kappa shape index (κ2) is 21.4. The van der Waals surface area contributed by atoms with Crippen LogP contribution in [0, 0.1) is 0 Å². The van der Waals surface area contributed by atoms with E-state index < -0.39 is 12.2 Å². The number of rotatable bonds is 23. The molecule has 0 saturated carbocycles. The Hall–Kier alpha value is -3.70. The number of pyridine rings is 1. The van der Waals surface area contributed by atoms with Gasteiger partial charge in [-0.3, -0.25) is 4.90 Å². The van der Waals surface area contributed by atoms with Crippen LogP contribution in [0.3, 0.4) is 0 Å². The predicted octanol–water partition coefficient (Wildman–Crippen LogP) is 6.19. The highest BCUT2D eigenvalue weighted by Crippen LogP contribution is 2.21. The highest BCUT2D eigenvalue weighted by Gasteiger charge is 2.23. The van der Waals surface area contributed by atoms with Crippen LogP contribution in [-0.4, -0.2) is 91.6 Å². The molecule has 2 N–H and O–H groups in total. The first-order valence-corrected chi connectivity index (χ1v) is 17.3. The van der Waals surface area contributed by atoms with Gasteiger partial charge in [-0.25, -0.2) is 4.98 Å². The van der Waals surface area contributed by atoms with Gasteiger partial charge in [0, 0.05) is 25.7 Å². The van der Waals surface area contributed by atoms with Crippen molar-refractivity contribution < 1.29 is 33.9 Å². The number of nitrogens with zero attached hydrogens (tertiary/aromatic N) is 2. The number of benzene rings is 3. The van der Waals surface area contributed by atoms with Gasteiger partial charge in [-0.15, -0.1) is 0 Å². The number of ether oxygens (including phenoxy) is 5. The van der Waals surface area contributed by atoms with Gasteiger partial charge in [-0.05, 0) is 86.3 Å². The lowest BCUT2D eigenvalue weighted by Gasteiger charge is -2.32. The minimum absolute atomic E-state index is 0.0213. The molecule has 264 valence electrons. The van der Waals surface area contributed by atoms with Crippen LogP contribution in [0.2, 0.25) is 5.15 Å². The Morgan fingerprint density at radius 3 is 1.96 bits per heavy atom. The predicted molar refractivity (Wildman–Crippen MR) is 192 cm³/mol. The molecule has 3 atom stereocenters. The SMILES string of the molecule is CCOCCOc1ccc(C[C@@H](C)N(CC(O)COc2ccc(OCCOCCc3ccccc3)cc2)CC(O)c2cccc(Cl)n2)cc1. The fourth-order valence-electron chi connectivity index (χ4n) is 5.22. The average Bonchev–Trinajstić information content (AvgIpc) is 3.12. The Morgan fingerprint density at radius 2 is 1.31 bits per heavy atom. The third-order valence-corrected chi connectivity index (χ3v) is 8.06. The number of hydrogen-bond donors (Lipinski definition) is 2. The average molecular weight is 693 g/mol. The third kappa shape index (κ3) is 14.4. The Kier molecular flexibility index (Phi) is 16.6. The van der Waals surface area contributed by atoms with Gasteiger partial charge in [0.15, 0.2) is 0 Å². The first-order chi connectivity index (χ1) is 23.9. The van der Waals surface area contributed by atoms with Crippen molar-refractivity contribution in [3.05, 3.63) is 119 Å². The second-order valence-corrected chi connectivity index (χ2v) is 12.1. The molecule has 0 aliphatic rings. The van der Waals surface area contributed by atoms with Crippen molar-refractivity contribution in [2.45, 2.75) is 44.9 Å². The summed E-state index contributed by atoms with van der Waals surface area (Å²) in [4.78, 5) is 6.33. The summed E-state index contributed by atoms with van der Waals surface area (Å²) in [7, 11) is 0. The molecule has 0 bridgehead atoms. The molecule has 4 aromatic rings. The molecule has 49 heavy (non-hydrogen) atoms. The van der Waals surface area contributed by atoms with Crippen molar-refractivity contribution in [2.24, 2.45) is 0 Å². The van der Waals surface area contributed by atoms with Crippen LogP contribution in [0.25, 0.3) is 0 Å². The summed E-state index contributed by atoms with van der Waals surface area (Å²) in [5, 5.41) is 22.4. The van der Waals surface area contributed by atoms with Gasteiger partial charge in [-0.2, -0.15) is 0 Å². The maximum atomic E-state index is 11.1. The highest BCUT2D eigenvalue weighted by atomic mass is 35.5. The van der Waals surface area contributed by atoms with E-state index in [2.05, 4.69) is 24.0 Å². The normalized spacial score (nSPS) is 13.2. The summed E-state index contributed by atoms with van der Waals surface area (Å²) in [5.41, 5.74) is 2.84. The van der Waals surface area contributed by atoms with E-state index in [9.17, 15) is 10.2 Å². The van der Waals surface area contributed by atoms with Crippen LogP contribution in [0.5, 0.6) is 17.2 Å². The Bertz CT molecular complexity index is 1460. The smallest absolute Gasteiger partial charge is 0.129 e. The number of aliphatic hydroxyl groups is 2. The summed E-state index contributed by atoms with van der Waals surface area (Å²) in [6.45, 7) is 7.95. The number of aliphatic hydroxyl groups excluding tert-OH is 2. The molecule has 0 spiro atoms. The van der Waals surface area contributed by atoms with E-state index in [0.29, 0.717) is 68.4 Å². The van der Waals surface area contributed by atoms with Crippen LogP contribution in [0.4, 0.5) is 0 Å². The van der Waals surface area contributed by atoms with E-state index >= 15 is 0 Å². The fraction of sp³-hybridized carbons (Fsp3) is 0.410. The molecule has 0 fully saturated rings. The second-order valence-electron chi connectivity index (χ2n) is 11.7. The monoisotopic (exact) mass is 692 g/mol. The van der Waals surface area contributed by atoms with Crippen LogP contribution >= 0.6 is 11.6 Å². The van der Waals surface area contributed by atoms with Crippen molar-refractivity contribution in [1.82, 2.24) is 9.88 Å². The van der Waals surface area contributed by atoms with Crippen LogP contribution in [0.15, 0.2) is 97.1 Å². The van der Waals surface area contributed by atoms with Crippen molar-refractivity contribution in [3.63, 3.8) is 0 Å². The Labute approximate surface area is 295 Å². The molecule has 0 radical (unpaired) electrons. The van der Waals surface area contributed by atoms with E-state index in [4.69, 9.17) is 35.3 Å². The zero-order valence-electron chi connectivity index (χ0n) is 28.5. The van der Waals surface area contributed by atoms with Crippen molar-refractivity contribution >= 4 is 11.6 Å². The maximum Gasteiger partial charge on any atom is 0.129 e. The summed E-state index contributed by atoms with van der Waals surface area (Å²) in [6.07, 6.45) is -0.138. The quantitative estimate of drug-likeness (QED) is 0.0696. The largest absolute Gasteiger partial charge is 0.491 e. The van der Waals surface area contributed by atoms with Gasteiger partial charge in [0.2, 0.25) is 0 Å². The highest BCUT2D eigenvalue weighted by molar-refractivity contribution is 6.29. The van der Waals surface area contributed by atoms with E-state index in [0.717, 1.165) is 17.7 Å². The molecule has 9 nitrogen and oxygen atoms in total. The molecule has 2 unspecified atom stereocenters. The van der Waals surface area contributed by atoms with Gasteiger partial charge in [0.05, 0.1) is 25.5 Å². The maximum absolute atomic E-state index is 11.1. The molecule has 0 saturated heterocycles. The number of aromatic nitrogens is 1. The van der Waals surface area contributed by atoms with E-state index in [-0.39, 0.29) is 25.7 Å². The van der Waals surface area contributed by atoms with E-state index in [1.807, 2.05) is 78.6 Å². The molecule has 0 amide bonds. The molecule has 10 heteroatoms. The molecule has 1 heterocycles. The lowest BCUT2D eigenvalue weighted by Crippen LogP contribution is -2.44. The molecular weight excluding hydrogens is 644 g/mol. The first kappa shape index (κ1) is 38.1. The van der Waals surface area contributed by atoms with Gasteiger partial charge >= 0.3 is 0 Å². The van der Waals surface area contributed by atoms with Crippen LogP contribution < -0.4 is 14.2 Å². The molecule has 0 aliphatic heterocycles. The molecule has 3 aromatic carbocycles. The molecule has 1 aromatic heterocycles. The van der Waals surface area contributed by atoms with Gasteiger partial charge in [-0.1, -0.05) is 60.1 Å². The zero-order chi connectivity index (χ0) is 34.7. The summed E-state index contributed by atoms with van der Waals surface area (Å²) >= 11 is 6.09. The van der Waals surface area contributed by atoms with Crippen molar-refractivity contribution in [2.75, 3.05) is 59.3 Å². The zero-order valence-corrected chi connectivity index (χ0v) is 29.2. The van der Waals surface area contributed by atoms with Crippen LogP contribution in [-0.2, 0) is 22.3 Å². The minimum Gasteiger partial charge on any atom is -0.491 e. The molecular formula is C39H49ClN2O7. The van der Waals surface area contributed by atoms with Gasteiger partial charge in [0.1, 0.15) is 54.4 Å². The Morgan fingerprint density at radius 1 is 0.673 bits per heavy atom. The van der Waals surface area contributed by atoms with E-state index in [1.165, 1.54) is 5.56 Å². The summed E-state index contributed by atoms with van der Waals surface area (Å²) in [5.74, 6) is 2.12. The fourth-order valence-corrected chi connectivity index (χ4v) is 5.39. The van der Waals surface area contributed by atoms with E-state index in [1.54, 1.807) is 18.2 Å². The molecule has 4 rings (SSSR count). The number of hydrogen-bond acceptors (Lipinski definition) is 9. The van der Waals surface area contributed by atoms with Crippen LogP contribution in [0.1, 0.15) is 36.8 Å². The first-order valence-electron chi connectivity index (χ1n) is 16.9.